The summed E-state index contributed by atoms with van der Waals surface area (Å²) in [5.41, 5.74) is 1.22. The average molecular weight is 378 g/mol. The number of benzene rings is 1. The minimum absolute atomic E-state index is 0.00909. The molecule has 0 radical (unpaired) electrons. The number of nitrogens with zero attached hydrogens (tertiary/aromatic N) is 2. The van der Waals surface area contributed by atoms with Gasteiger partial charge in [-0.15, -0.1) is 11.3 Å². The van der Waals surface area contributed by atoms with Crippen LogP contribution in [0.15, 0.2) is 35.7 Å². The fourth-order valence-corrected chi connectivity index (χ4v) is 3.48. The predicted molar refractivity (Wildman–Crippen MR) is 98.2 cm³/mol. The van der Waals surface area contributed by atoms with E-state index in [9.17, 15) is 9.59 Å². The van der Waals surface area contributed by atoms with Gasteiger partial charge >= 0.3 is 5.97 Å². The number of anilines is 1. The molecule has 6 nitrogen and oxygen atoms in total. The summed E-state index contributed by atoms with van der Waals surface area (Å²) in [7, 11) is 0. The molecule has 3 rings (SSSR count). The molecule has 0 saturated carbocycles. The van der Waals surface area contributed by atoms with Crippen LogP contribution >= 0.6 is 22.9 Å². The maximum atomic E-state index is 12.5. The number of hydrogen-bond donors (Lipinski definition) is 2. The Hall–Kier alpha value is -2.38. The number of hydrogen-bond acceptors (Lipinski definition) is 5. The number of carboxylic acids is 1. The third kappa shape index (κ3) is 4.58. The largest absolute Gasteiger partial charge is 0.478 e. The van der Waals surface area contributed by atoms with Crippen LogP contribution in [0.25, 0.3) is 6.08 Å². The third-order valence-electron chi connectivity index (χ3n) is 3.81. The number of carbonyl (C=O) groups is 2. The summed E-state index contributed by atoms with van der Waals surface area (Å²) in [6, 6.07) is 7.00. The summed E-state index contributed by atoms with van der Waals surface area (Å²) in [5.74, 6) is -1.01. The van der Waals surface area contributed by atoms with E-state index in [1.54, 1.807) is 34.5 Å². The molecule has 1 aromatic heterocycles. The topological polar surface area (TPSA) is 82.5 Å². The van der Waals surface area contributed by atoms with Crippen molar-refractivity contribution in [2.75, 3.05) is 18.4 Å². The van der Waals surface area contributed by atoms with Crippen LogP contribution in [0.4, 0.5) is 5.13 Å². The molecule has 1 fully saturated rings. The van der Waals surface area contributed by atoms with Gasteiger partial charge in [0.2, 0.25) is 0 Å². The van der Waals surface area contributed by atoms with Gasteiger partial charge in [-0.3, -0.25) is 4.79 Å². The molecule has 1 amide bonds. The number of aromatic nitrogens is 1. The molecule has 1 atom stereocenters. The Morgan fingerprint density at radius 3 is 2.84 bits per heavy atom. The standard InChI is InChI=1S/C17H16ClN3O3S/c18-12-3-1-11(2-4-12)16(24)21-8-7-13(9-21)19-17-20-14(10-25-17)5-6-15(22)23/h1-6,10,13H,7-9H2,(H,19,20)(H,22,23)/b6-5+. The Kier molecular flexibility index (Phi) is 5.35. The number of nitrogens with one attached hydrogen (secondary N) is 1. The van der Waals surface area contributed by atoms with Crippen LogP contribution in [0.3, 0.4) is 0 Å². The van der Waals surface area contributed by atoms with Gasteiger partial charge in [0.05, 0.1) is 5.69 Å². The second-order valence-corrected chi connectivity index (χ2v) is 6.93. The predicted octanol–water partition coefficient (Wildman–Crippen LogP) is 3.22. The van der Waals surface area contributed by atoms with Gasteiger partial charge in [-0.1, -0.05) is 11.6 Å². The molecule has 1 aliphatic heterocycles. The first-order valence-corrected chi connectivity index (χ1v) is 8.95. The van der Waals surface area contributed by atoms with Gasteiger partial charge < -0.3 is 15.3 Å². The van der Waals surface area contributed by atoms with Gasteiger partial charge in [-0.25, -0.2) is 9.78 Å². The number of amides is 1. The smallest absolute Gasteiger partial charge is 0.328 e. The van der Waals surface area contributed by atoms with Gasteiger partial charge in [-0.2, -0.15) is 0 Å². The Labute approximate surface area is 153 Å². The lowest BCUT2D eigenvalue weighted by Gasteiger charge is -2.17. The molecule has 0 bridgehead atoms. The van der Waals surface area contributed by atoms with Crippen LogP contribution in [0, 0.1) is 0 Å². The molecule has 1 aromatic carbocycles. The normalized spacial score (nSPS) is 17.2. The average Bonchev–Trinajstić information content (AvgIpc) is 3.23. The van der Waals surface area contributed by atoms with Gasteiger partial charge in [-0.05, 0) is 36.8 Å². The number of carbonyl (C=O) groups excluding carboxylic acids is 1. The minimum Gasteiger partial charge on any atom is -0.478 e. The fourth-order valence-electron chi connectivity index (χ4n) is 2.60. The van der Waals surface area contributed by atoms with Crippen LogP contribution in [-0.2, 0) is 4.79 Å². The van der Waals surface area contributed by atoms with Crippen molar-refractivity contribution in [2.45, 2.75) is 12.5 Å². The van der Waals surface area contributed by atoms with E-state index in [-0.39, 0.29) is 11.9 Å². The van der Waals surface area contributed by atoms with Crippen molar-refractivity contribution in [1.82, 2.24) is 9.88 Å². The molecule has 0 spiro atoms. The monoisotopic (exact) mass is 377 g/mol. The van der Waals surface area contributed by atoms with Crippen molar-refractivity contribution in [3.8, 4) is 0 Å². The summed E-state index contributed by atoms with van der Waals surface area (Å²) in [6.45, 7) is 1.28. The molecular formula is C17H16ClN3O3S. The highest BCUT2D eigenvalue weighted by Gasteiger charge is 2.27. The second-order valence-electron chi connectivity index (χ2n) is 5.64. The minimum atomic E-state index is -1.00. The van der Waals surface area contributed by atoms with Crippen LogP contribution in [0.2, 0.25) is 5.02 Å². The van der Waals surface area contributed by atoms with Gasteiger partial charge in [0, 0.05) is 41.2 Å². The SMILES string of the molecule is O=C(O)/C=C/c1csc(NC2CCN(C(=O)c3ccc(Cl)cc3)C2)n1. The maximum absolute atomic E-state index is 12.5. The lowest BCUT2D eigenvalue weighted by molar-refractivity contribution is -0.131. The second kappa shape index (κ2) is 7.67. The zero-order valence-corrected chi connectivity index (χ0v) is 14.8. The molecule has 0 aliphatic carbocycles. The fraction of sp³-hybridized carbons (Fsp3) is 0.235. The van der Waals surface area contributed by atoms with E-state index < -0.39 is 5.97 Å². The summed E-state index contributed by atoms with van der Waals surface area (Å²) in [4.78, 5) is 29.1. The van der Waals surface area contributed by atoms with E-state index in [2.05, 4.69) is 10.3 Å². The number of halogens is 1. The van der Waals surface area contributed by atoms with Crippen molar-refractivity contribution in [3.05, 3.63) is 52.0 Å². The molecule has 130 valence electrons. The molecule has 2 aromatic rings. The van der Waals surface area contributed by atoms with Crippen molar-refractivity contribution >= 4 is 46.0 Å². The molecule has 1 aliphatic rings. The van der Waals surface area contributed by atoms with E-state index >= 15 is 0 Å². The summed E-state index contributed by atoms with van der Waals surface area (Å²) >= 11 is 7.26. The molecule has 2 N–H and O–H groups in total. The highest BCUT2D eigenvalue weighted by molar-refractivity contribution is 7.13. The molecule has 1 unspecified atom stereocenters. The van der Waals surface area contributed by atoms with Crippen LogP contribution in [-0.4, -0.2) is 46.0 Å². The van der Waals surface area contributed by atoms with Crippen LogP contribution in [0.5, 0.6) is 0 Å². The van der Waals surface area contributed by atoms with Crippen molar-refractivity contribution in [2.24, 2.45) is 0 Å². The Morgan fingerprint density at radius 1 is 1.36 bits per heavy atom. The van der Waals surface area contributed by atoms with Crippen molar-refractivity contribution < 1.29 is 14.7 Å². The lowest BCUT2D eigenvalue weighted by atomic mass is 10.2. The number of thiazole rings is 1. The molecule has 2 heterocycles. The number of likely N-dealkylation sites (tertiary alicyclic amines) is 1. The van der Waals surface area contributed by atoms with Crippen molar-refractivity contribution in [1.29, 1.82) is 0 Å². The number of carboxylic acid groups (broad SMARTS) is 1. The molecule has 1 saturated heterocycles. The summed E-state index contributed by atoms with van der Waals surface area (Å²) in [6.07, 6.45) is 3.34. The highest BCUT2D eigenvalue weighted by Crippen LogP contribution is 2.22. The van der Waals surface area contributed by atoms with E-state index in [0.717, 1.165) is 17.6 Å². The van der Waals surface area contributed by atoms with E-state index in [1.807, 2.05) is 0 Å². The Bertz CT molecular complexity index is 804. The van der Waals surface area contributed by atoms with E-state index in [0.29, 0.717) is 29.4 Å². The summed E-state index contributed by atoms with van der Waals surface area (Å²) in [5, 5.41) is 15.0. The van der Waals surface area contributed by atoms with Crippen LogP contribution < -0.4 is 5.32 Å². The molecule has 8 heteroatoms. The molecular weight excluding hydrogens is 362 g/mol. The zero-order valence-electron chi connectivity index (χ0n) is 13.2. The quantitative estimate of drug-likeness (QED) is 0.782. The van der Waals surface area contributed by atoms with E-state index in [1.165, 1.54) is 17.4 Å². The third-order valence-corrected chi connectivity index (χ3v) is 4.86. The van der Waals surface area contributed by atoms with E-state index in [4.69, 9.17) is 16.7 Å². The number of aliphatic carboxylic acids is 1. The Balaban J connectivity index is 1.57. The molecule has 25 heavy (non-hydrogen) atoms. The lowest BCUT2D eigenvalue weighted by Crippen LogP contribution is -2.31. The first-order chi connectivity index (χ1) is 12.0. The van der Waals surface area contributed by atoms with Crippen LogP contribution in [0.1, 0.15) is 22.5 Å². The Morgan fingerprint density at radius 2 is 2.12 bits per heavy atom. The van der Waals surface area contributed by atoms with Gasteiger partial charge in [0.15, 0.2) is 5.13 Å². The first-order valence-electron chi connectivity index (χ1n) is 7.69. The summed E-state index contributed by atoms with van der Waals surface area (Å²) < 4.78 is 0. The van der Waals surface area contributed by atoms with Crippen molar-refractivity contribution in [3.63, 3.8) is 0 Å². The first kappa shape index (κ1) is 17.4. The van der Waals surface area contributed by atoms with Gasteiger partial charge in [0.1, 0.15) is 0 Å². The zero-order chi connectivity index (χ0) is 17.8. The number of rotatable bonds is 5. The highest BCUT2D eigenvalue weighted by atomic mass is 35.5. The maximum Gasteiger partial charge on any atom is 0.328 e. The van der Waals surface area contributed by atoms with Gasteiger partial charge in [0.25, 0.3) is 5.91 Å².